The smallest absolute Gasteiger partial charge is 0.243 e. The number of aromatic nitrogens is 4. The minimum atomic E-state index is -0.953. The fourth-order valence-electron chi connectivity index (χ4n) is 2.19. The SMILES string of the molecule is NCCN(C(=O)Cn1cnc2c(N)ncnc21)C(CO)C(=O)P. The molecule has 0 aromatic carbocycles. The fraction of sp³-hybridized carbons (Fsp3) is 0.417. The van der Waals surface area contributed by atoms with Gasteiger partial charge in [0, 0.05) is 13.1 Å². The fourth-order valence-corrected chi connectivity index (χ4v) is 2.47. The normalized spacial score (nSPS) is 12.3. The molecule has 23 heavy (non-hydrogen) atoms. The van der Waals surface area contributed by atoms with Gasteiger partial charge in [-0.3, -0.25) is 9.59 Å². The van der Waals surface area contributed by atoms with Gasteiger partial charge in [-0.2, -0.15) is 0 Å². The van der Waals surface area contributed by atoms with E-state index in [1.807, 2.05) is 9.24 Å². The summed E-state index contributed by atoms with van der Waals surface area (Å²) in [6.45, 7) is -0.275. The van der Waals surface area contributed by atoms with Gasteiger partial charge < -0.3 is 26.0 Å². The average Bonchev–Trinajstić information content (AvgIpc) is 2.91. The standard InChI is InChI=1S/C12H18N7O3P/c13-1-2-19(7(4-20)12(22)23)8(21)3-18-6-17-9-10(14)15-5-16-11(9)18/h5-7,20H,1-4,13,23H2,(H2,14,15,16). The van der Waals surface area contributed by atoms with Crippen LogP contribution in [0.1, 0.15) is 0 Å². The van der Waals surface area contributed by atoms with Gasteiger partial charge in [-0.05, 0) is 0 Å². The molecule has 2 unspecified atom stereocenters. The number of carbonyl (C=O) groups is 2. The molecule has 0 radical (unpaired) electrons. The second-order valence-corrected chi connectivity index (χ2v) is 5.35. The molecule has 2 heterocycles. The Morgan fingerprint density at radius 2 is 2.13 bits per heavy atom. The zero-order valence-corrected chi connectivity index (χ0v) is 13.4. The molecule has 2 atom stereocenters. The summed E-state index contributed by atoms with van der Waals surface area (Å²) in [5.41, 5.74) is 11.6. The number of aliphatic hydroxyl groups is 1. The van der Waals surface area contributed by atoms with E-state index in [0.29, 0.717) is 11.2 Å². The molecule has 0 saturated carbocycles. The Hall–Kier alpha value is -2.16. The minimum absolute atomic E-state index is 0.110. The predicted octanol–water partition coefficient (Wildman–Crippen LogP) is -2.04. The van der Waals surface area contributed by atoms with Crippen molar-refractivity contribution in [3.63, 3.8) is 0 Å². The topological polar surface area (TPSA) is 153 Å². The van der Waals surface area contributed by atoms with Crippen molar-refractivity contribution >= 4 is 37.7 Å². The first-order chi connectivity index (χ1) is 11.0. The zero-order valence-electron chi connectivity index (χ0n) is 12.3. The number of rotatable bonds is 7. The lowest BCUT2D eigenvalue weighted by molar-refractivity contribution is -0.138. The van der Waals surface area contributed by atoms with E-state index in [0.717, 1.165) is 0 Å². The minimum Gasteiger partial charge on any atom is -0.394 e. The first-order valence-corrected chi connectivity index (χ1v) is 7.38. The molecule has 124 valence electrons. The summed E-state index contributed by atoms with van der Waals surface area (Å²) < 4.78 is 1.50. The van der Waals surface area contributed by atoms with E-state index in [4.69, 9.17) is 11.5 Å². The Kier molecular flexibility index (Phi) is 5.54. The van der Waals surface area contributed by atoms with E-state index in [2.05, 4.69) is 15.0 Å². The second kappa shape index (κ2) is 7.40. The maximum atomic E-state index is 12.5. The van der Waals surface area contributed by atoms with Crippen LogP contribution in [0, 0.1) is 0 Å². The molecule has 11 heteroatoms. The van der Waals surface area contributed by atoms with Crippen molar-refractivity contribution in [2.45, 2.75) is 12.6 Å². The lowest BCUT2D eigenvalue weighted by atomic mass is 10.2. The lowest BCUT2D eigenvalue weighted by Crippen LogP contribution is -2.49. The van der Waals surface area contributed by atoms with Crippen molar-refractivity contribution in [3.05, 3.63) is 12.7 Å². The van der Waals surface area contributed by atoms with Gasteiger partial charge in [0.25, 0.3) is 0 Å². The number of imidazole rings is 1. The average molecular weight is 339 g/mol. The Labute approximate surface area is 134 Å². The summed E-state index contributed by atoms with van der Waals surface area (Å²) in [6.07, 6.45) is 2.70. The summed E-state index contributed by atoms with van der Waals surface area (Å²) in [5.74, 6) is -0.171. The molecule has 5 N–H and O–H groups in total. The molecule has 1 amide bonds. The number of nitrogens with two attached hydrogens (primary N) is 2. The number of nitrogen functional groups attached to an aromatic ring is 1. The van der Waals surface area contributed by atoms with Crippen LogP contribution < -0.4 is 11.5 Å². The van der Waals surface area contributed by atoms with E-state index in [-0.39, 0.29) is 31.4 Å². The van der Waals surface area contributed by atoms with Gasteiger partial charge in [0.05, 0.1) is 12.9 Å². The van der Waals surface area contributed by atoms with Crippen LogP contribution in [0.15, 0.2) is 12.7 Å². The number of amides is 1. The Morgan fingerprint density at radius 1 is 1.39 bits per heavy atom. The third-order valence-corrected chi connectivity index (χ3v) is 3.69. The molecule has 0 saturated heterocycles. The number of hydrogen-bond donors (Lipinski definition) is 3. The molecule has 0 spiro atoms. The van der Waals surface area contributed by atoms with E-state index < -0.39 is 18.2 Å². The van der Waals surface area contributed by atoms with Crippen LogP contribution in [0.25, 0.3) is 11.2 Å². The van der Waals surface area contributed by atoms with Crippen LogP contribution in [0.4, 0.5) is 5.82 Å². The highest BCUT2D eigenvalue weighted by Gasteiger charge is 2.26. The van der Waals surface area contributed by atoms with Crippen LogP contribution >= 0.6 is 9.24 Å². The molecule has 0 aliphatic rings. The van der Waals surface area contributed by atoms with Crippen molar-refractivity contribution in [2.24, 2.45) is 5.73 Å². The highest BCUT2D eigenvalue weighted by molar-refractivity contribution is 7.40. The predicted molar refractivity (Wildman–Crippen MR) is 86.1 cm³/mol. The highest BCUT2D eigenvalue weighted by Crippen LogP contribution is 2.15. The third-order valence-electron chi connectivity index (χ3n) is 3.30. The van der Waals surface area contributed by atoms with Crippen LogP contribution in [0.2, 0.25) is 0 Å². The van der Waals surface area contributed by atoms with Gasteiger partial charge in [-0.15, -0.1) is 0 Å². The number of anilines is 1. The molecule has 0 aliphatic heterocycles. The van der Waals surface area contributed by atoms with Crippen LogP contribution in [-0.2, 0) is 16.1 Å². The number of nitrogens with zero attached hydrogens (tertiary/aromatic N) is 5. The van der Waals surface area contributed by atoms with E-state index >= 15 is 0 Å². The molecule has 10 nitrogen and oxygen atoms in total. The van der Waals surface area contributed by atoms with Crippen LogP contribution in [-0.4, -0.2) is 66.7 Å². The first-order valence-electron chi connectivity index (χ1n) is 6.80. The van der Waals surface area contributed by atoms with Crippen molar-refractivity contribution < 1.29 is 14.7 Å². The second-order valence-electron chi connectivity index (χ2n) is 4.78. The summed E-state index contributed by atoms with van der Waals surface area (Å²) in [6, 6.07) is -0.953. The van der Waals surface area contributed by atoms with Crippen molar-refractivity contribution in [2.75, 3.05) is 25.4 Å². The van der Waals surface area contributed by atoms with Crippen molar-refractivity contribution in [1.82, 2.24) is 24.4 Å². The molecule has 2 aromatic rings. The number of aliphatic hydroxyl groups excluding tert-OH is 1. The molecular formula is C12H18N7O3P. The van der Waals surface area contributed by atoms with Gasteiger partial charge >= 0.3 is 0 Å². The molecule has 0 fully saturated rings. The zero-order chi connectivity index (χ0) is 17.0. The largest absolute Gasteiger partial charge is 0.394 e. The van der Waals surface area contributed by atoms with Crippen molar-refractivity contribution in [1.29, 1.82) is 0 Å². The maximum absolute atomic E-state index is 12.5. The molecule has 2 aromatic heterocycles. The van der Waals surface area contributed by atoms with Crippen LogP contribution in [0.5, 0.6) is 0 Å². The van der Waals surface area contributed by atoms with Gasteiger partial charge in [0.1, 0.15) is 24.4 Å². The van der Waals surface area contributed by atoms with Gasteiger partial charge in [0.2, 0.25) is 5.91 Å². The Balaban J connectivity index is 2.26. The Bertz CT molecular complexity index is 720. The molecular weight excluding hydrogens is 321 g/mol. The van der Waals surface area contributed by atoms with Crippen LogP contribution in [0.3, 0.4) is 0 Å². The third kappa shape index (κ3) is 3.61. The van der Waals surface area contributed by atoms with Crippen molar-refractivity contribution in [3.8, 4) is 0 Å². The van der Waals surface area contributed by atoms with E-state index in [1.165, 1.54) is 22.1 Å². The maximum Gasteiger partial charge on any atom is 0.243 e. The number of hydrogen-bond acceptors (Lipinski definition) is 8. The lowest BCUT2D eigenvalue weighted by Gasteiger charge is -2.28. The van der Waals surface area contributed by atoms with Gasteiger partial charge in [0.15, 0.2) is 17.0 Å². The highest BCUT2D eigenvalue weighted by atomic mass is 31.0. The number of fused-ring (bicyclic) bond motifs is 1. The van der Waals surface area contributed by atoms with Gasteiger partial charge in [-0.1, -0.05) is 9.24 Å². The summed E-state index contributed by atoms with van der Waals surface area (Å²) in [7, 11) is 1.97. The van der Waals surface area contributed by atoms with Gasteiger partial charge in [-0.25, -0.2) is 15.0 Å². The first kappa shape index (κ1) is 17.2. The van der Waals surface area contributed by atoms with E-state index in [1.54, 1.807) is 0 Å². The number of carbonyl (C=O) groups excluding carboxylic acids is 2. The quantitative estimate of drug-likeness (QED) is 0.488. The molecule has 2 rings (SSSR count). The summed E-state index contributed by atoms with van der Waals surface area (Å²) >= 11 is 0. The summed E-state index contributed by atoms with van der Waals surface area (Å²) in [5, 5.41) is 9.35. The monoisotopic (exact) mass is 339 g/mol. The molecule has 0 aliphatic carbocycles. The van der Waals surface area contributed by atoms with E-state index in [9.17, 15) is 14.7 Å². The summed E-state index contributed by atoms with van der Waals surface area (Å²) in [4.78, 5) is 37.3. The molecule has 0 bridgehead atoms. The Morgan fingerprint density at radius 3 is 2.74 bits per heavy atom.